The summed E-state index contributed by atoms with van der Waals surface area (Å²) in [5, 5.41) is 8.96. The minimum atomic E-state index is -1.08. The van der Waals surface area contributed by atoms with Crippen LogP contribution in [-0.4, -0.2) is 37.2 Å². The second kappa shape index (κ2) is 5.50. The summed E-state index contributed by atoms with van der Waals surface area (Å²) in [5.41, 5.74) is 0.769. The molecule has 0 saturated carbocycles. The zero-order valence-corrected chi connectivity index (χ0v) is 11.6. The highest BCUT2D eigenvalue weighted by atomic mass is 32.2. The summed E-state index contributed by atoms with van der Waals surface area (Å²) in [7, 11) is 0. The van der Waals surface area contributed by atoms with E-state index in [2.05, 4.69) is 4.98 Å². The summed E-state index contributed by atoms with van der Waals surface area (Å²) in [6, 6.07) is 2.60. The van der Waals surface area contributed by atoms with E-state index in [0.717, 1.165) is 22.2 Å². The molecule has 0 aromatic carbocycles. The average Bonchev–Trinajstić information content (AvgIpc) is 2.65. The third-order valence-corrected chi connectivity index (χ3v) is 3.88. The molecule has 19 heavy (non-hydrogen) atoms. The highest BCUT2D eigenvalue weighted by molar-refractivity contribution is 8.26. The highest BCUT2D eigenvalue weighted by Crippen LogP contribution is 2.33. The van der Waals surface area contributed by atoms with E-state index >= 15 is 0 Å². The van der Waals surface area contributed by atoms with Gasteiger partial charge < -0.3 is 5.11 Å². The molecule has 1 saturated heterocycles. The molecule has 5 nitrogen and oxygen atoms in total. The van der Waals surface area contributed by atoms with E-state index in [0.29, 0.717) is 4.91 Å². The number of pyridine rings is 1. The Morgan fingerprint density at radius 3 is 2.95 bits per heavy atom. The molecule has 1 aliphatic heterocycles. The van der Waals surface area contributed by atoms with Crippen molar-refractivity contribution in [1.82, 2.24) is 9.88 Å². The second-order valence-corrected chi connectivity index (χ2v) is 5.53. The van der Waals surface area contributed by atoms with Gasteiger partial charge in [-0.1, -0.05) is 30.0 Å². The number of nitrogens with zero attached hydrogens (tertiary/aromatic N) is 2. The molecule has 0 aliphatic carbocycles. The lowest BCUT2D eigenvalue weighted by atomic mass is 10.2. The van der Waals surface area contributed by atoms with Gasteiger partial charge >= 0.3 is 5.97 Å². The van der Waals surface area contributed by atoms with Crippen LogP contribution in [0.2, 0.25) is 0 Å². The molecule has 1 aliphatic rings. The van der Waals surface area contributed by atoms with Gasteiger partial charge in [-0.2, -0.15) is 0 Å². The lowest BCUT2D eigenvalue weighted by Crippen LogP contribution is -2.41. The molecular weight excluding hydrogens is 284 g/mol. The fourth-order valence-electron chi connectivity index (χ4n) is 1.54. The van der Waals surface area contributed by atoms with Crippen molar-refractivity contribution in [2.45, 2.75) is 13.0 Å². The summed E-state index contributed by atoms with van der Waals surface area (Å²) in [5.74, 6) is -1.47. The number of aliphatic carboxylic acids is 1. The van der Waals surface area contributed by atoms with E-state index in [4.69, 9.17) is 17.3 Å². The number of carbonyl (C=O) groups is 2. The smallest absolute Gasteiger partial charge is 0.326 e. The van der Waals surface area contributed by atoms with E-state index < -0.39 is 12.0 Å². The van der Waals surface area contributed by atoms with E-state index in [1.165, 1.54) is 6.92 Å². The number of thiocarbonyl (C=S) groups is 1. The van der Waals surface area contributed by atoms with Gasteiger partial charge in [0.1, 0.15) is 10.4 Å². The Balaban J connectivity index is 2.28. The van der Waals surface area contributed by atoms with Crippen LogP contribution in [0.1, 0.15) is 12.5 Å². The van der Waals surface area contributed by atoms with Gasteiger partial charge in [0.2, 0.25) is 0 Å². The van der Waals surface area contributed by atoms with E-state index in [1.54, 1.807) is 30.6 Å². The van der Waals surface area contributed by atoms with E-state index in [9.17, 15) is 9.59 Å². The normalized spacial score (nSPS) is 19.0. The Bertz CT molecular complexity index is 572. The van der Waals surface area contributed by atoms with Gasteiger partial charge in [-0.25, -0.2) is 4.79 Å². The molecule has 0 unspecified atom stereocenters. The largest absolute Gasteiger partial charge is 0.480 e. The predicted molar refractivity (Wildman–Crippen MR) is 76.3 cm³/mol. The van der Waals surface area contributed by atoms with Gasteiger partial charge in [0, 0.05) is 12.4 Å². The SMILES string of the molecule is C[C@H](C(=O)O)N1C(=O)/C(=C\c2cccnc2)SC1=S. The lowest BCUT2D eigenvalue weighted by molar-refractivity contribution is -0.144. The minimum Gasteiger partial charge on any atom is -0.480 e. The molecule has 7 heteroatoms. The zero-order chi connectivity index (χ0) is 14.0. The first kappa shape index (κ1) is 13.7. The monoisotopic (exact) mass is 294 g/mol. The third kappa shape index (κ3) is 2.82. The van der Waals surface area contributed by atoms with Crippen LogP contribution in [0.15, 0.2) is 29.4 Å². The van der Waals surface area contributed by atoms with Crippen molar-refractivity contribution in [1.29, 1.82) is 0 Å². The number of hydrogen-bond acceptors (Lipinski definition) is 5. The fraction of sp³-hybridized carbons (Fsp3) is 0.167. The minimum absolute atomic E-state index is 0.259. The molecule has 1 fully saturated rings. The molecule has 0 spiro atoms. The fourth-order valence-corrected chi connectivity index (χ4v) is 2.96. The van der Waals surface area contributed by atoms with Crippen LogP contribution in [-0.2, 0) is 9.59 Å². The Kier molecular flexibility index (Phi) is 3.96. The molecular formula is C12H10N2O3S2. The van der Waals surface area contributed by atoms with Gasteiger partial charge in [-0.15, -0.1) is 0 Å². The van der Waals surface area contributed by atoms with Crippen LogP contribution < -0.4 is 0 Å². The number of carboxylic acid groups (broad SMARTS) is 1. The van der Waals surface area contributed by atoms with Crippen LogP contribution in [0.5, 0.6) is 0 Å². The summed E-state index contributed by atoms with van der Waals surface area (Å²) >= 11 is 6.15. The summed E-state index contributed by atoms with van der Waals surface area (Å²) in [6.07, 6.45) is 4.91. The molecule has 1 aromatic heterocycles. The lowest BCUT2D eigenvalue weighted by Gasteiger charge is -2.18. The molecule has 2 heterocycles. The van der Waals surface area contributed by atoms with Gasteiger partial charge in [0.25, 0.3) is 5.91 Å². The van der Waals surface area contributed by atoms with Crippen molar-refractivity contribution in [3.05, 3.63) is 35.0 Å². The Hall–Kier alpha value is -1.73. The van der Waals surface area contributed by atoms with Crippen molar-refractivity contribution >= 4 is 46.3 Å². The molecule has 98 valence electrons. The van der Waals surface area contributed by atoms with E-state index in [1.807, 2.05) is 0 Å². The predicted octanol–water partition coefficient (Wildman–Crippen LogP) is 1.76. The number of hydrogen-bond donors (Lipinski definition) is 1. The molecule has 2 rings (SSSR count). The maximum atomic E-state index is 12.1. The summed E-state index contributed by atoms with van der Waals surface area (Å²) < 4.78 is 0.259. The first-order chi connectivity index (χ1) is 9.00. The topological polar surface area (TPSA) is 70.5 Å². The maximum absolute atomic E-state index is 12.1. The van der Waals surface area contributed by atoms with Crippen LogP contribution in [0.4, 0.5) is 0 Å². The maximum Gasteiger partial charge on any atom is 0.326 e. The molecule has 1 N–H and O–H groups in total. The van der Waals surface area contributed by atoms with E-state index in [-0.39, 0.29) is 10.2 Å². The molecule has 1 atom stereocenters. The van der Waals surface area contributed by atoms with Crippen molar-refractivity contribution in [3.63, 3.8) is 0 Å². The van der Waals surface area contributed by atoms with Crippen molar-refractivity contribution in [2.24, 2.45) is 0 Å². The van der Waals surface area contributed by atoms with Crippen molar-refractivity contribution < 1.29 is 14.7 Å². The van der Waals surface area contributed by atoms with Gasteiger partial charge in [0.15, 0.2) is 0 Å². The number of rotatable bonds is 3. The van der Waals surface area contributed by atoms with Crippen LogP contribution in [0.25, 0.3) is 6.08 Å². The Morgan fingerprint density at radius 2 is 2.37 bits per heavy atom. The number of aromatic nitrogens is 1. The summed E-state index contributed by atoms with van der Waals surface area (Å²) in [6.45, 7) is 1.43. The quantitative estimate of drug-likeness (QED) is 0.676. The third-order valence-electron chi connectivity index (χ3n) is 2.55. The van der Waals surface area contributed by atoms with Crippen LogP contribution in [0.3, 0.4) is 0 Å². The van der Waals surface area contributed by atoms with Crippen LogP contribution in [0, 0.1) is 0 Å². The number of carboxylic acids is 1. The average molecular weight is 294 g/mol. The standard InChI is InChI=1S/C12H10N2O3S2/c1-7(11(16)17)14-10(15)9(19-12(14)18)5-8-3-2-4-13-6-8/h2-7H,1H3,(H,16,17)/b9-5+/t7-/m1/s1. The molecule has 0 radical (unpaired) electrons. The first-order valence-electron chi connectivity index (χ1n) is 5.40. The van der Waals surface area contributed by atoms with Gasteiger partial charge in [-0.05, 0) is 24.6 Å². The highest BCUT2D eigenvalue weighted by Gasteiger charge is 2.38. The molecule has 1 amide bonds. The first-order valence-corrected chi connectivity index (χ1v) is 6.63. The summed E-state index contributed by atoms with van der Waals surface area (Å²) in [4.78, 5) is 28.6. The number of thioether (sulfide) groups is 1. The molecule has 1 aromatic rings. The zero-order valence-electron chi connectivity index (χ0n) is 9.94. The Morgan fingerprint density at radius 1 is 1.63 bits per heavy atom. The number of carbonyl (C=O) groups excluding carboxylic acids is 1. The molecule has 0 bridgehead atoms. The van der Waals surface area contributed by atoms with Crippen molar-refractivity contribution in [3.8, 4) is 0 Å². The van der Waals surface area contributed by atoms with Crippen LogP contribution >= 0.6 is 24.0 Å². The Labute approximate surface area is 119 Å². The van der Waals surface area contributed by atoms with Crippen molar-refractivity contribution in [2.75, 3.05) is 0 Å². The second-order valence-electron chi connectivity index (χ2n) is 3.85. The van der Waals surface area contributed by atoms with Gasteiger partial charge in [-0.3, -0.25) is 14.7 Å². The van der Waals surface area contributed by atoms with Gasteiger partial charge in [0.05, 0.1) is 4.91 Å². The number of amides is 1.